The highest BCUT2D eigenvalue weighted by atomic mass is 16.6. The molecule has 1 heterocycles. The molecule has 6 nitrogen and oxygen atoms in total. The Bertz CT molecular complexity index is 631. The van der Waals surface area contributed by atoms with Crippen LogP contribution in [-0.4, -0.2) is 56.8 Å². The molecule has 5 unspecified atom stereocenters. The summed E-state index contributed by atoms with van der Waals surface area (Å²) < 4.78 is 21.3. The van der Waals surface area contributed by atoms with Crippen LogP contribution in [-0.2, 0) is 23.7 Å². The third-order valence-electron chi connectivity index (χ3n) is 4.61. The molecule has 0 aromatic rings. The zero-order valence-corrected chi connectivity index (χ0v) is 18.0. The summed E-state index contributed by atoms with van der Waals surface area (Å²) in [5.74, 6) is 0.0705. The maximum Gasteiger partial charge on any atom is 0.331 e. The van der Waals surface area contributed by atoms with Crippen molar-refractivity contribution in [1.29, 1.82) is 0 Å². The van der Waals surface area contributed by atoms with Crippen LogP contribution in [0, 0.1) is 5.92 Å². The molecule has 5 atom stereocenters. The van der Waals surface area contributed by atoms with Crippen molar-refractivity contribution in [3.05, 3.63) is 60.4 Å². The van der Waals surface area contributed by atoms with Crippen LogP contribution in [0.5, 0.6) is 0 Å². The first-order valence-electron chi connectivity index (χ1n) is 9.84. The molecule has 0 aliphatic carbocycles. The van der Waals surface area contributed by atoms with Gasteiger partial charge in [-0.15, -0.1) is 0 Å². The summed E-state index contributed by atoms with van der Waals surface area (Å²) in [5, 5.41) is 10.6. The summed E-state index contributed by atoms with van der Waals surface area (Å²) in [5.41, 5.74) is 0. The van der Waals surface area contributed by atoms with Gasteiger partial charge >= 0.3 is 5.97 Å². The van der Waals surface area contributed by atoms with Gasteiger partial charge in [0.05, 0.1) is 13.2 Å². The van der Waals surface area contributed by atoms with Crippen LogP contribution < -0.4 is 0 Å². The number of ether oxygens (including phenoxy) is 4. The predicted octanol–water partition coefficient (Wildman–Crippen LogP) is 3.49. The molecule has 0 saturated heterocycles. The molecular formula is C23H34O6. The second-order valence-corrected chi connectivity index (χ2v) is 6.77. The van der Waals surface area contributed by atoms with Crippen molar-refractivity contribution in [3.63, 3.8) is 0 Å². The molecule has 162 valence electrons. The van der Waals surface area contributed by atoms with Gasteiger partial charge in [0.1, 0.15) is 18.0 Å². The average Bonchev–Trinajstić information content (AvgIpc) is 2.73. The fraction of sp³-hybridized carbons (Fsp3) is 0.522. The zero-order valence-electron chi connectivity index (χ0n) is 18.0. The van der Waals surface area contributed by atoms with Crippen LogP contribution in [0.2, 0.25) is 0 Å². The van der Waals surface area contributed by atoms with Crippen molar-refractivity contribution < 1.29 is 28.8 Å². The Morgan fingerprint density at radius 3 is 2.66 bits per heavy atom. The number of hydrogen-bond donors (Lipinski definition) is 1. The summed E-state index contributed by atoms with van der Waals surface area (Å²) >= 11 is 0. The number of methoxy groups -OCH3 is 3. The van der Waals surface area contributed by atoms with Gasteiger partial charge in [-0.25, -0.2) is 4.79 Å². The zero-order chi connectivity index (χ0) is 21.6. The molecule has 1 aliphatic heterocycles. The standard InChI is InChI=1S/C23H34O6/c1-6-7-8-13-21(28-5)23(25)17(2)16-18(26-3)11-9-10-12-20-19(27-4)14-15-22(24)29-20/h7-15,17-20,23,25H,6,16H2,1-5H3. The molecule has 1 rings (SSSR count). The number of hydrogen-bond acceptors (Lipinski definition) is 6. The van der Waals surface area contributed by atoms with Crippen LogP contribution in [0.25, 0.3) is 0 Å². The number of esters is 1. The fourth-order valence-electron chi connectivity index (χ4n) is 2.86. The second kappa shape index (κ2) is 13.9. The van der Waals surface area contributed by atoms with Gasteiger partial charge in [0, 0.05) is 20.3 Å². The highest BCUT2D eigenvalue weighted by Crippen LogP contribution is 2.20. The number of carbonyl (C=O) groups excluding carboxylic acids is 1. The van der Waals surface area contributed by atoms with E-state index in [-0.39, 0.29) is 24.1 Å². The normalized spacial score (nSPS) is 23.7. The average molecular weight is 407 g/mol. The SMILES string of the molecule is CCC=CC=C(OC)C(O)C(C)CC(C=CC=CC1OC(=O)C=CC1OC)OC. The van der Waals surface area contributed by atoms with E-state index >= 15 is 0 Å². The molecule has 0 aromatic heterocycles. The topological polar surface area (TPSA) is 74.2 Å². The third-order valence-corrected chi connectivity index (χ3v) is 4.61. The molecule has 1 aliphatic rings. The first-order chi connectivity index (χ1) is 14.0. The van der Waals surface area contributed by atoms with Crippen LogP contribution in [0.4, 0.5) is 0 Å². The van der Waals surface area contributed by atoms with E-state index in [1.54, 1.807) is 45.6 Å². The first-order valence-corrected chi connectivity index (χ1v) is 9.84. The maximum atomic E-state index is 11.4. The van der Waals surface area contributed by atoms with Gasteiger partial charge in [-0.2, -0.15) is 0 Å². The van der Waals surface area contributed by atoms with Gasteiger partial charge < -0.3 is 24.1 Å². The molecule has 0 spiro atoms. The van der Waals surface area contributed by atoms with Crippen molar-refractivity contribution in [1.82, 2.24) is 0 Å². The van der Waals surface area contributed by atoms with E-state index in [0.717, 1.165) is 6.42 Å². The minimum Gasteiger partial charge on any atom is -0.498 e. The smallest absolute Gasteiger partial charge is 0.331 e. The Labute approximate surface area is 174 Å². The second-order valence-electron chi connectivity index (χ2n) is 6.77. The lowest BCUT2D eigenvalue weighted by Gasteiger charge is -2.23. The number of rotatable bonds is 12. The summed E-state index contributed by atoms with van der Waals surface area (Å²) in [6.07, 6.45) is 15.9. The number of aliphatic hydroxyl groups is 1. The van der Waals surface area contributed by atoms with E-state index in [1.165, 1.54) is 6.08 Å². The summed E-state index contributed by atoms with van der Waals surface area (Å²) in [4.78, 5) is 11.4. The Morgan fingerprint density at radius 1 is 1.28 bits per heavy atom. The van der Waals surface area contributed by atoms with Crippen molar-refractivity contribution in [3.8, 4) is 0 Å². The van der Waals surface area contributed by atoms with E-state index in [9.17, 15) is 9.90 Å². The lowest BCUT2D eigenvalue weighted by Crippen LogP contribution is -2.32. The minimum absolute atomic E-state index is 0.0721. The molecule has 1 N–H and O–H groups in total. The predicted molar refractivity (Wildman–Crippen MR) is 113 cm³/mol. The van der Waals surface area contributed by atoms with Gasteiger partial charge in [-0.1, -0.05) is 44.2 Å². The molecule has 0 radical (unpaired) electrons. The van der Waals surface area contributed by atoms with Crippen molar-refractivity contribution in [2.45, 2.75) is 51.1 Å². The molecule has 29 heavy (non-hydrogen) atoms. The molecule has 0 fully saturated rings. The molecule has 6 heteroatoms. The highest BCUT2D eigenvalue weighted by Gasteiger charge is 2.24. The Kier molecular flexibility index (Phi) is 12.0. The van der Waals surface area contributed by atoms with E-state index in [0.29, 0.717) is 12.2 Å². The van der Waals surface area contributed by atoms with E-state index in [4.69, 9.17) is 18.9 Å². The minimum atomic E-state index is -0.723. The van der Waals surface area contributed by atoms with Gasteiger partial charge in [0.25, 0.3) is 0 Å². The number of cyclic esters (lactones) is 1. The van der Waals surface area contributed by atoms with E-state index in [2.05, 4.69) is 0 Å². The van der Waals surface area contributed by atoms with Crippen LogP contribution in [0.15, 0.2) is 60.4 Å². The molecule has 0 amide bonds. The lowest BCUT2D eigenvalue weighted by molar-refractivity contribution is -0.147. The summed E-state index contributed by atoms with van der Waals surface area (Å²) in [7, 11) is 4.75. The fourth-order valence-corrected chi connectivity index (χ4v) is 2.86. The van der Waals surface area contributed by atoms with Crippen molar-refractivity contribution in [2.75, 3.05) is 21.3 Å². The van der Waals surface area contributed by atoms with Gasteiger partial charge in [0.15, 0.2) is 6.10 Å². The monoisotopic (exact) mass is 406 g/mol. The van der Waals surface area contributed by atoms with Gasteiger partial charge in [-0.05, 0) is 37.0 Å². The van der Waals surface area contributed by atoms with Crippen LogP contribution >= 0.6 is 0 Å². The highest BCUT2D eigenvalue weighted by molar-refractivity contribution is 5.83. The van der Waals surface area contributed by atoms with E-state index in [1.807, 2.05) is 38.2 Å². The summed E-state index contributed by atoms with van der Waals surface area (Å²) in [6.45, 7) is 4.00. The quantitative estimate of drug-likeness (QED) is 0.304. The number of aliphatic hydroxyl groups excluding tert-OH is 1. The van der Waals surface area contributed by atoms with Gasteiger partial charge in [-0.3, -0.25) is 0 Å². The molecule has 0 bridgehead atoms. The largest absolute Gasteiger partial charge is 0.498 e. The van der Waals surface area contributed by atoms with Crippen molar-refractivity contribution >= 4 is 5.97 Å². The lowest BCUT2D eigenvalue weighted by atomic mass is 9.95. The Hall–Kier alpha value is -2.15. The van der Waals surface area contributed by atoms with Crippen molar-refractivity contribution in [2.24, 2.45) is 5.92 Å². The molecule has 0 aromatic carbocycles. The van der Waals surface area contributed by atoms with Crippen LogP contribution in [0.3, 0.4) is 0 Å². The summed E-state index contributed by atoms with van der Waals surface area (Å²) in [6, 6.07) is 0. The number of allylic oxidation sites excluding steroid dienone is 5. The molecule has 0 saturated carbocycles. The third kappa shape index (κ3) is 8.81. The Balaban J connectivity index is 2.65. The Morgan fingerprint density at radius 2 is 2.03 bits per heavy atom. The first kappa shape index (κ1) is 24.9. The number of carbonyl (C=O) groups is 1. The maximum absolute atomic E-state index is 11.4. The van der Waals surface area contributed by atoms with Crippen LogP contribution in [0.1, 0.15) is 26.7 Å². The van der Waals surface area contributed by atoms with Gasteiger partial charge in [0.2, 0.25) is 0 Å². The molecular weight excluding hydrogens is 372 g/mol. The van der Waals surface area contributed by atoms with E-state index < -0.39 is 12.2 Å².